The lowest BCUT2D eigenvalue weighted by Gasteiger charge is -2.23. The van der Waals surface area contributed by atoms with E-state index in [9.17, 15) is 14.7 Å². The zero-order valence-corrected chi connectivity index (χ0v) is 21.3. The number of carbonyl (C=O) groups is 2. The van der Waals surface area contributed by atoms with Crippen LogP contribution in [0.15, 0.2) is 66.7 Å². The molecule has 0 saturated heterocycles. The number of fused-ring (bicyclic) bond motifs is 1. The fraction of sp³-hybridized carbons (Fsp3) is 0.214. The van der Waals surface area contributed by atoms with E-state index in [1.54, 1.807) is 48.2 Å². The van der Waals surface area contributed by atoms with Crippen LogP contribution in [0.3, 0.4) is 0 Å². The highest BCUT2D eigenvalue weighted by atomic mass is 35.5. The molecule has 3 N–H and O–H groups in total. The second-order valence-corrected chi connectivity index (χ2v) is 9.38. The summed E-state index contributed by atoms with van der Waals surface area (Å²) in [6.07, 6.45) is 0.863. The standard InChI is InChI=1S/C28H29ClN4O3/c1-18(34)33(16-4-15-32(2)3)22-10-8-21(9-11-22)30-27(19-5-12-23(35)13-6-19)26-24-14-7-20(29)17-25(24)31-28(26)36/h5-14,17,30,35H,4,15-16H2,1-3H3,(H,31,36)/b27-26-. The van der Waals surface area contributed by atoms with Gasteiger partial charge in [-0.1, -0.05) is 17.7 Å². The number of phenols is 1. The molecule has 7 nitrogen and oxygen atoms in total. The summed E-state index contributed by atoms with van der Waals surface area (Å²) in [4.78, 5) is 29.1. The van der Waals surface area contributed by atoms with Crippen LogP contribution in [-0.4, -0.2) is 49.0 Å². The number of aromatic hydroxyl groups is 1. The van der Waals surface area contributed by atoms with Gasteiger partial charge < -0.3 is 25.5 Å². The van der Waals surface area contributed by atoms with Crippen molar-refractivity contribution in [2.75, 3.05) is 42.7 Å². The third-order valence-corrected chi connectivity index (χ3v) is 6.18. The molecular formula is C28H29ClN4O3. The van der Waals surface area contributed by atoms with Crippen molar-refractivity contribution < 1.29 is 14.7 Å². The number of nitrogens with zero attached hydrogens (tertiary/aromatic N) is 2. The maximum Gasteiger partial charge on any atom is 0.258 e. The molecule has 0 aromatic heterocycles. The first-order valence-corrected chi connectivity index (χ1v) is 12.1. The third-order valence-electron chi connectivity index (χ3n) is 5.95. The Morgan fingerprint density at radius 2 is 1.69 bits per heavy atom. The third kappa shape index (κ3) is 5.70. The number of amides is 2. The zero-order chi connectivity index (χ0) is 25.8. The van der Waals surface area contributed by atoms with Crippen molar-refractivity contribution in [3.05, 3.63) is 82.9 Å². The molecule has 0 aliphatic carbocycles. The monoisotopic (exact) mass is 504 g/mol. The minimum atomic E-state index is -0.247. The highest BCUT2D eigenvalue weighted by molar-refractivity contribution is 6.38. The lowest BCUT2D eigenvalue weighted by Crippen LogP contribution is -2.31. The summed E-state index contributed by atoms with van der Waals surface area (Å²) >= 11 is 6.13. The van der Waals surface area contributed by atoms with E-state index in [0.717, 1.165) is 35.5 Å². The van der Waals surface area contributed by atoms with Crippen LogP contribution >= 0.6 is 11.6 Å². The van der Waals surface area contributed by atoms with E-state index in [4.69, 9.17) is 11.6 Å². The molecule has 0 radical (unpaired) electrons. The molecule has 0 atom stereocenters. The second kappa shape index (κ2) is 10.8. The van der Waals surface area contributed by atoms with Crippen LogP contribution < -0.4 is 15.5 Å². The molecular weight excluding hydrogens is 476 g/mol. The van der Waals surface area contributed by atoms with E-state index in [0.29, 0.717) is 28.5 Å². The van der Waals surface area contributed by atoms with Crippen molar-refractivity contribution in [3.8, 4) is 5.75 Å². The minimum Gasteiger partial charge on any atom is -0.508 e. The van der Waals surface area contributed by atoms with Gasteiger partial charge in [-0.3, -0.25) is 9.59 Å². The van der Waals surface area contributed by atoms with Gasteiger partial charge in [0.05, 0.1) is 17.0 Å². The fourth-order valence-electron chi connectivity index (χ4n) is 4.18. The summed E-state index contributed by atoms with van der Waals surface area (Å²) in [6, 6.07) is 19.5. The first-order chi connectivity index (χ1) is 17.2. The normalized spacial score (nSPS) is 13.9. The SMILES string of the molecule is CC(=O)N(CCCN(C)C)c1ccc(N/C(=C2\C(=O)Nc3cc(Cl)ccc32)c2ccc(O)cc2)cc1. The first-order valence-electron chi connectivity index (χ1n) is 11.7. The summed E-state index contributed by atoms with van der Waals surface area (Å²) in [5.74, 6) is -0.128. The van der Waals surface area contributed by atoms with E-state index in [2.05, 4.69) is 15.5 Å². The van der Waals surface area contributed by atoms with Gasteiger partial charge in [-0.05, 0) is 93.3 Å². The molecule has 4 rings (SSSR count). The number of hydrogen-bond acceptors (Lipinski definition) is 5. The maximum absolute atomic E-state index is 13.0. The van der Waals surface area contributed by atoms with Crippen LogP contribution in [0.4, 0.5) is 17.1 Å². The number of rotatable bonds is 8. The van der Waals surface area contributed by atoms with Crippen LogP contribution in [0.1, 0.15) is 24.5 Å². The molecule has 3 aromatic carbocycles. The van der Waals surface area contributed by atoms with Gasteiger partial charge in [0, 0.05) is 35.4 Å². The summed E-state index contributed by atoms with van der Waals surface area (Å²) in [5, 5.41) is 16.6. The molecule has 186 valence electrons. The molecule has 0 bridgehead atoms. The summed E-state index contributed by atoms with van der Waals surface area (Å²) in [7, 11) is 4.02. The summed E-state index contributed by atoms with van der Waals surface area (Å²) in [5.41, 5.74) is 4.75. The van der Waals surface area contributed by atoms with Crippen molar-refractivity contribution in [2.24, 2.45) is 0 Å². The van der Waals surface area contributed by atoms with Gasteiger partial charge in [0.15, 0.2) is 0 Å². The minimum absolute atomic E-state index is 0.0146. The Bertz CT molecular complexity index is 1300. The van der Waals surface area contributed by atoms with Gasteiger partial charge in [-0.2, -0.15) is 0 Å². The highest BCUT2D eigenvalue weighted by Gasteiger charge is 2.28. The average Bonchev–Trinajstić information content (AvgIpc) is 3.15. The molecule has 0 unspecified atom stereocenters. The molecule has 0 spiro atoms. The van der Waals surface area contributed by atoms with Crippen LogP contribution in [0.5, 0.6) is 5.75 Å². The van der Waals surface area contributed by atoms with Gasteiger partial charge in [-0.15, -0.1) is 0 Å². The van der Waals surface area contributed by atoms with Crippen molar-refractivity contribution in [1.82, 2.24) is 4.90 Å². The van der Waals surface area contributed by atoms with Gasteiger partial charge in [0.25, 0.3) is 5.91 Å². The second-order valence-electron chi connectivity index (χ2n) is 8.94. The first kappa shape index (κ1) is 25.3. The van der Waals surface area contributed by atoms with Crippen LogP contribution in [0, 0.1) is 0 Å². The number of carbonyl (C=O) groups excluding carboxylic acids is 2. The Balaban J connectivity index is 1.68. The van der Waals surface area contributed by atoms with Gasteiger partial charge in [-0.25, -0.2) is 0 Å². The van der Waals surface area contributed by atoms with Crippen LogP contribution in [-0.2, 0) is 9.59 Å². The van der Waals surface area contributed by atoms with E-state index in [-0.39, 0.29) is 17.6 Å². The predicted octanol–water partition coefficient (Wildman–Crippen LogP) is 5.28. The van der Waals surface area contributed by atoms with Gasteiger partial charge in [0.2, 0.25) is 5.91 Å². The molecule has 1 aliphatic rings. The van der Waals surface area contributed by atoms with Crippen molar-refractivity contribution in [3.63, 3.8) is 0 Å². The molecule has 8 heteroatoms. The molecule has 1 heterocycles. The Hall–Kier alpha value is -3.81. The predicted molar refractivity (Wildman–Crippen MR) is 146 cm³/mol. The van der Waals surface area contributed by atoms with E-state index in [1.807, 2.05) is 44.4 Å². The maximum atomic E-state index is 13.0. The van der Waals surface area contributed by atoms with Crippen molar-refractivity contribution >= 4 is 51.7 Å². The summed E-state index contributed by atoms with van der Waals surface area (Å²) < 4.78 is 0. The topological polar surface area (TPSA) is 84.9 Å². The number of halogens is 1. The molecule has 3 aromatic rings. The molecule has 2 amide bonds. The number of nitrogens with one attached hydrogen (secondary N) is 2. The van der Waals surface area contributed by atoms with Gasteiger partial charge in [0.1, 0.15) is 5.75 Å². The van der Waals surface area contributed by atoms with Gasteiger partial charge >= 0.3 is 0 Å². The molecule has 1 aliphatic heterocycles. The Kier molecular flexibility index (Phi) is 7.62. The quantitative estimate of drug-likeness (QED) is 0.363. The van der Waals surface area contributed by atoms with E-state index >= 15 is 0 Å². The largest absolute Gasteiger partial charge is 0.508 e. The number of anilines is 3. The Morgan fingerprint density at radius 3 is 2.33 bits per heavy atom. The molecule has 0 saturated carbocycles. The Morgan fingerprint density at radius 1 is 1.00 bits per heavy atom. The number of phenolic OH excluding ortho intramolecular Hbond substituents is 1. The number of benzene rings is 3. The molecule has 36 heavy (non-hydrogen) atoms. The van der Waals surface area contributed by atoms with Crippen LogP contribution in [0.25, 0.3) is 11.3 Å². The zero-order valence-electron chi connectivity index (χ0n) is 20.5. The lowest BCUT2D eigenvalue weighted by molar-refractivity contribution is -0.116. The lowest BCUT2D eigenvalue weighted by atomic mass is 10.00. The average molecular weight is 505 g/mol. The van der Waals surface area contributed by atoms with Crippen molar-refractivity contribution in [1.29, 1.82) is 0 Å². The smallest absolute Gasteiger partial charge is 0.258 e. The van der Waals surface area contributed by atoms with E-state index < -0.39 is 0 Å². The molecule has 0 fully saturated rings. The fourth-order valence-corrected chi connectivity index (χ4v) is 4.35. The summed E-state index contributed by atoms with van der Waals surface area (Å²) in [6.45, 7) is 3.09. The van der Waals surface area contributed by atoms with E-state index in [1.165, 1.54) is 0 Å². The Labute approximate surface area is 216 Å². The van der Waals surface area contributed by atoms with Crippen LogP contribution in [0.2, 0.25) is 5.02 Å². The highest BCUT2D eigenvalue weighted by Crippen LogP contribution is 2.39. The number of hydrogen-bond donors (Lipinski definition) is 3. The van der Waals surface area contributed by atoms with Crippen molar-refractivity contribution in [2.45, 2.75) is 13.3 Å².